The fourth-order valence-corrected chi connectivity index (χ4v) is 1.88. The van der Waals surface area contributed by atoms with Crippen molar-refractivity contribution < 1.29 is 4.39 Å². The molecule has 2 heteroatoms. The molecule has 0 unspecified atom stereocenters. The van der Waals surface area contributed by atoms with Crippen molar-refractivity contribution in [2.75, 3.05) is 7.05 Å². The van der Waals surface area contributed by atoms with Gasteiger partial charge in [-0.3, -0.25) is 0 Å². The molecule has 0 aromatic heterocycles. The summed E-state index contributed by atoms with van der Waals surface area (Å²) in [5.74, 6) is 0.444. The van der Waals surface area contributed by atoms with Gasteiger partial charge in [-0.2, -0.15) is 0 Å². The highest BCUT2D eigenvalue weighted by molar-refractivity contribution is 5.35. The molecule has 0 saturated heterocycles. The van der Waals surface area contributed by atoms with Gasteiger partial charge in [0.25, 0.3) is 0 Å². The number of rotatable bonds is 2. The Bertz CT molecular complexity index is 322. The van der Waals surface area contributed by atoms with Crippen LogP contribution < -0.4 is 5.32 Å². The van der Waals surface area contributed by atoms with Crippen LogP contribution in [0, 0.1) is 12.7 Å². The molecule has 1 N–H and O–H groups in total. The summed E-state index contributed by atoms with van der Waals surface area (Å²) < 4.78 is 13.2. The standard InChI is InChI=1S/C11H14FN/c1-7-8(4-3-5-10(7)12)9-6-11(9)13-2/h3-5,9,11,13H,6H2,1-2H3/t9-,11-/m0/s1. The maximum absolute atomic E-state index is 13.2. The van der Waals surface area contributed by atoms with E-state index in [9.17, 15) is 4.39 Å². The first-order valence-electron chi connectivity index (χ1n) is 4.66. The van der Waals surface area contributed by atoms with Crippen LogP contribution in [-0.2, 0) is 0 Å². The van der Waals surface area contributed by atoms with E-state index in [1.54, 1.807) is 6.07 Å². The topological polar surface area (TPSA) is 12.0 Å². The Balaban J connectivity index is 2.27. The third-order valence-corrected chi connectivity index (χ3v) is 2.87. The smallest absolute Gasteiger partial charge is 0.126 e. The van der Waals surface area contributed by atoms with Crippen LogP contribution in [0.1, 0.15) is 23.5 Å². The van der Waals surface area contributed by atoms with Crippen LogP contribution in [0.4, 0.5) is 4.39 Å². The fourth-order valence-electron chi connectivity index (χ4n) is 1.88. The number of halogens is 1. The normalized spacial score (nSPS) is 26.1. The van der Waals surface area contributed by atoms with Gasteiger partial charge in [-0.05, 0) is 37.6 Å². The lowest BCUT2D eigenvalue weighted by Gasteiger charge is -2.05. The molecule has 0 heterocycles. The van der Waals surface area contributed by atoms with E-state index in [0.29, 0.717) is 12.0 Å². The highest BCUT2D eigenvalue weighted by atomic mass is 19.1. The molecule has 1 saturated carbocycles. The van der Waals surface area contributed by atoms with Crippen molar-refractivity contribution in [3.8, 4) is 0 Å². The maximum atomic E-state index is 13.2. The van der Waals surface area contributed by atoms with Gasteiger partial charge in [0, 0.05) is 12.0 Å². The number of benzene rings is 1. The van der Waals surface area contributed by atoms with E-state index in [-0.39, 0.29) is 5.82 Å². The minimum absolute atomic E-state index is 0.0840. The van der Waals surface area contributed by atoms with Gasteiger partial charge in [-0.25, -0.2) is 4.39 Å². The third-order valence-electron chi connectivity index (χ3n) is 2.87. The van der Waals surface area contributed by atoms with Crippen molar-refractivity contribution >= 4 is 0 Å². The molecule has 0 radical (unpaired) electrons. The second-order valence-corrected chi connectivity index (χ2v) is 3.69. The quantitative estimate of drug-likeness (QED) is 0.734. The summed E-state index contributed by atoms with van der Waals surface area (Å²) in [6, 6.07) is 5.90. The molecule has 0 amide bonds. The molecule has 0 spiro atoms. The summed E-state index contributed by atoms with van der Waals surface area (Å²) in [5.41, 5.74) is 1.98. The molecule has 0 bridgehead atoms. The van der Waals surface area contributed by atoms with Crippen LogP contribution in [0.25, 0.3) is 0 Å². The van der Waals surface area contributed by atoms with Crippen molar-refractivity contribution in [2.24, 2.45) is 0 Å². The van der Waals surface area contributed by atoms with Gasteiger partial charge >= 0.3 is 0 Å². The first-order valence-corrected chi connectivity index (χ1v) is 4.66. The molecular weight excluding hydrogens is 165 g/mol. The van der Waals surface area contributed by atoms with Crippen LogP contribution in [-0.4, -0.2) is 13.1 Å². The van der Waals surface area contributed by atoms with Crippen LogP contribution in [0.3, 0.4) is 0 Å². The van der Waals surface area contributed by atoms with Crippen molar-refractivity contribution in [1.82, 2.24) is 5.32 Å². The molecule has 2 atom stereocenters. The number of hydrogen-bond acceptors (Lipinski definition) is 1. The van der Waals surface area contributed by atoms with E-state index in [4.69, 9.17) is 0 Å². The summed E-state index contributed by atoms with van der Waals surface area (Å²) >= 11 is 0. The lowest BCUT2D eigenvalue weighted by molar-refractivity contribution is 0.614. The minimum atomic E-state index is -0.0840. The Morgan fingerprint density at radius 2 is 2.23 bits per heavy atom. The van der Waals surface area contributed by atoms with Crippen molar-refractivity contribution in [3.63, 3.8) is 0 Å². The molecule has 1 aromatic rings. The van der Waals surface area contributed by atoms with Gasteiger partial charge in [0.2, 0.25) is 0 Å². The molecular formula is C11H14FN. The first kappa shape index (κ1) is 8.70. The number of hydrogen-bond donors (Lipinski definition) is 1. The molecule has 1 aromatic carbocycles. The monoisotopic (exact) mass is 179 g/mol. The predicted octanol–water partition coefficient (Wildman–Crippen LogP) is 2.21. The van der Waals surface area contributed by atoms with E-state index < -0.39 is 0 Å². The van der Waals surface area contributed by atoms with Gasteiger partial charge in [0.1, 0.15) is 5.82 Å². The number of nitrogens with one attached hydrogen (secondary N) is 1. The third kappa shape index (κ3) is 1.46. The molecule has 13 heavy (non-hydrogen) atoms. The zero-order chi connectivity index (χ0) is 9.42. The Labute approximate surface area is 78.0 Å². The lowest BCUT2D eigenvalue weighted by atomic mass is 10.0. The van der Waals surface area contributed by atoms with Crippen LogP contribution in [0.2, 0.25) is 0 Å². The second-order valence-electron chi connectivity index (χ2n) is 3.69. The SMILES string of the molecule is CN[C@H]1C[C@H]1c1cccc(F)c1C. The van der Waals surface area contributed by atoms with Crippen LogP contribution >= 0.6 is 0 Å². The Hall–Kier alpha value is -0.890. The van der Waals surface area contributed by atoms with Crippen molar-refractivity contribution in [1.29, 1.82) is 0 Å². The predicted molar refractivity (Wildman–Crippen MR) is 51.3 cm³/mol. The zero-order valence-corrected chi connectivity index (χ0v) is 7.97. The van der Waals surface area contributed by atoms with Gasteiger partial charge in [0.15, 0.2) is 0 Å². The first-order chi connectivity index (χ1) is 6.24. The molecule has 0 aliphatic heterocycles. The largest absolute Gasteiger partial charge is 0.316 e. The van der Waals surface area contributed by atoms with Crippen molar-refractivity contribution in [2.45, 2.75) is 25.3 Å². The summed E-state index contributed by atoms with van der Waals surface area (Å²) in [7, 11) is 1.96. The molecule has 70 valence electrons. The maximum Gasteiger partial charge on any atom is 0.126 e. The summed E-state index contributed by atoms with van der Waals surface area (Å²) in [5, 5.41) is 3.21. The van der Waals surface area contributed by atoms with E-state index in [1.165, 1.54) is 11.6 Å². The lowest BCUT2D eigenvalue weighted by Crippen LogP contribution is -2.10. The van der Waals surface area contributed by atoms with E-state index in [1.807, 2.05) is 20.0 Å². The van der Waals surface area contributed by atoms with Gasteiger partial charge in [0.05, 0.1) is 0 Å². The summed E-state index contributed by atoms with van der Waals surface area (Å²) in [6.45, 7) is 1.86. The average Bonchev–Trinajstić information content (AvgIpc) is 2.89. The Kier molecular flexibility index (Phi) is 2.08. The van der Waals surface area contributed by atoms with Crippen LogP contribution in [0.5, 0.6) is 0 Å². The Morgan fingerprint density at radius 3 is 2.85 bits per heavy atom. The van der Waals surface area contributed by atoms with E-state index in [0.717, 1.165) is 12.0 Å². The molecule has 1 aliphatic carbocycles. The average molecular weight is 179 g/mol. The highest BCUT2D eigenvalue weighted by Gasteiger charge is 2.37. The molecule has 1 nitrogen and oxygen atoms in total. The fraction of sp³-hybridized carbons (Fsp3) is 0.455. The minimum Gasteiger partial charge on any atom is -0.316 e. The Morgan fingerprint density at radius 1 is 1.46 bits per heavy atom. The highest BCUT2D eigenvalue weighted by Crippen LogP contribution is 2.42. The van der Waals surface area contributed by atoms with E-state index >= 15 is 0 Å². The van der Waals surface area contributed by atoms with Gasteiger partial charge in [-0.15, -0.1) is 0 Å². The van der Waals surface area contributed by atoms with Gasteiger partial charge < -0.3 is 5.32 Å². The van der Waals surface area contributed by atoms with Crippen LogP contribution in [0.15, 0.2) is 18.2 Å². The van der Waals surface area contributed by atoms with Crippen molar-refractivity contribution in [3.05, 3.63) is 35.1 Å². The second kappa shape index (κ2) is 3.11. The van der Waals surface area contributed by atoms with E-state index in [2.05, 4.69) is 5.32 Å². The molecule has 1 aliphatic rings. The number of likely N-dealkylation sites (N-methyl/N-ethyl adjacent to an activating group) is 1. The molecule has 2 rings (SSSR count). The summed E-state index contributed by atoms with van der Waals surface area (Å²) in [4.78, 5) is 0. The van der Waals surface area contributed by atoms with Gasteiger partial charge in [-0.1, -0.05) is 12.1 Å². The summed E-state index contributed by atoms with van der Waals surface area (Å²) in [6.07, 6.45) is 1.14. The zero-order valence-electron chi connectivity index (χ0n) is 7.97. The molecule has 1 fully saturated rings.